The lowest BCUT2D eigenvalue weighted by Crippen LogP contribution is -2.28. The van der Waals surface area contributed by atoms with E-state index in [1.54, 1.807) is 29.2 Å². The van der Waals surface area contributed by atoms with E-state index in [1.165, 1.54) is 0 Å². The van der Waals surface area contributed by atoms with E-state index in [9.17, 15) is 14.4 Å². The monoisotopic (exact) mass is 400 g/mol. The zero-order valence-corrected chi connectivity index (χ0v) is 16.5. The van der Waals surface area contributed by atoms with Gasteiger partial charge < -0.3 is 15.0 Å². The summed E-state index contributed by atoms with van der Waals surface area (Å²) in [5.41, 5.74) is 3.54. The van der Waals surface area contributed by atoms with E-state index in [0.717, 1.165) is 16.8 Å². The third-order valence-electron chi connectivity index (χ3n) is 4.73. The summed E-state index contributed by atoms with van der Waals surface area (Å²) in [5, 5.41) is 3.18. The van der Waals surface area contributed by atoms with Crippen molar-refractivity contribution in [2.45, 2.75) is 20.3 Å². The maximum atomic E-state index is 12.3. The molecule has 3 rings (SSSR count). The number of benzene rings is 2. The van der Waals surface area contributed by atoms with Crippen molar-refractivity contribution < 1.29 is 19.1 Å². The van der Waals surface area contributed by atoms with Gasteiger partial charge in [-0.1, -0.05) is 17.7 Å². The van der Waals surface area contributed by atoms with Crippen LogP contribution in [0.25, 0.3) is 0 Å². The molecule has 2 aromatic rings. The predicted octanol–water partition coefficient (Wildman–Crippen LogP) is 3.49. The summed E-state index contributed by atoms with van der Waals surface area (Å²) in [5.74, 6) is -1.72. The first-order chi connectivity index (χ1) is 13.3. The Morgan fingerprint density at radius 2 is 1.86 bits per heavy atom. The number of aryl methyl sites for hydroxylation is 2. The minimum Gasteiger partial charge on any atom is -0.455 e. The Balaban J connectivity index is 1.53. The fourth-order valence-electron chi connectivity index (χ4n) is 2.99. The smallest absolute Gasteiger partial charge is 0.311 e. The fourth-order valence-corrected chi connectivity index (χ4v) is 3.12. The van der Waals surface area contributed by atoms with E-state index in [1.807, 2.05) is 32.0 Å². The van der Waals surface area contributed by atoms with Crippen LogP contribution < -0.4 is 10.2 Å². The molecule has 2 amide bonds. The summed E-state index contributed by atoms with van der Waals surface area (Å²) in [6.07, 6.45) is 0.0740. The number of anilines is 2. The SMILES string of the molecule is Cc1ccc(N2CC(C(=O)OCC(=O)Nc3ccc(Cl)cc3)CC2=O)cc1C. The van der Waals surface area contributed by atoms with E-state index in [0.29, 0.717) is 10.7 Å². The van der Waals surface area contributed by atoms with Crippen LogP contribution in [0.4, 0.5) is 11.4 Å². The van der Waals surface area contributed by atoms with Crippen LogP contribution in [0.5, 0.6) is 0 Å². The highest BCUT2D eigenvalue weighted by Crippen LogP contribution is 2.27. The Morgan fingerprint density at radius 3 is 2.54 bits per heavy atom. The van der Waals surface area contributed by atoms with Gasteiger partial charge >= 0.3 is 5.97 Å². The fraction of sp³-hybridized carbons (Fsp3) is 0.286. The van der Waals surface area contributed by atoms with Crippen LogP contribution in [0, 0.1) is 19.8 Å². The molecule has 146 valence electrons. The number of amides is 2. The summed E-state index contributed by atoms with van der Waals surface area (Å²) in [4.78, 5) is 38.1. The summed E-state index contributed by atoms with van der Waals surface area (Å²) in [6.45, 7) is 3.82. The molecule has 6 nitrogen and oxygen atoms in total. The maximum Gasteiger partial charge on any atom is 0.311 e. The molecular formula is C21H21ClN2O4. The second kappa shape index (κ2) is 8.44. The molecule has 7 heteroatoms. The lowest BCUT2D eigenvalue weighted by atomic mass is 10.1. The maximum absolute atomic E-state index is 12.3. The van der Waals surface area contributed by atoms with Crippen LogP contribution in [0.1, 0.15) is 17.5 Å². The highest BCUT2D eigenvalue weighted by molar-refractivity contribution is 6.30. The number of ether oxygens (including phenoxy) is 1. The molecule has 1 N–H and O–H groups in total. The molecule has 28 heavy (non-hydrogen) atoms. The number of nitrogens with one attached hydrogen (secondary N) is 1. The molecular weight excluding hydrogens is 380 g/mol. The van der Waals surface area contributed by atoms with Gasteiger partial charge in [-0.2, -0.15) is 0 Å². The molecule has 1 heterocycles. The van der Waals surface area contributed by atoms with Crippen LogP contribution in [0.15, 0.2) is 42.5 Å². The number of carbonyl (C=O) groups is 3. The summed E-state index contributed by atoms with van der Waals surface area (Å²) < 4.78 is 5.10. The zero-order valence-electron chi connectivity index (χ0n) is 15.7. The van der Waals surface area contributed by atoms with Crippen molar-refractivity contribution in [2.24, 2.45) is 5.92 Å². The van der Waals surface area contributed by atoms with Crippen LogP contribution >= 0.6 is 11.6 Å². The van der Waals surface area contributed by atoms with Gasteiger partial charge in [-0.3, -0.25) is 14.4 Å². The Bertz CT molecular complexity index is 911. The molecule has 1 aliphatic rings. The molecule has 0 bridgehead atoms. The van der Waals surface area contributed by atoms with Crippen molar-refractivity contribution >= 4 is 40.8 Å². The second-order valence-corrected chi connectivity index (χ2v) is 7.27. The topological polar surface area (TPSA) is 75.7 Å². The third kappa shape index (κ3) is 4.70. The van der Waals surface area contributed by atoms with Gasteiger partial charge in [-0.25, -0.2) is 0 Å². The lowest BCUT2D eigenvalue weighted by Gasteiger charge is -2.17. The molecule has 0 spiro atoms. The Labute approximate surface area is 168 Å². The van der Waals surface area contributed by atoms with E-state index < -0.39 is 24.4 Å². The molecule has 0 saturated carbocycles. The first-order valence-electron chi connectivity index (χ1n) is 8.93. The van der Waals surface area contributed by atoms with Crippen molar-refractivity contribution in [1.82, 2.24) is 0 Å². The first kappa shape index (κ1) is 19.9. The number of nitrogens with zero attached hydrogens (tertiary/aromatic N) is 1. The standard InChI is InChI=1S/C21H21ClN2O4/c1-13-3-8-18(9-14(13)2)24-11-15(10-20(24)26)21(27)28-12-19(25)23-17-6-4-16(22)5-7-17/h3-9,15H,10-12H2,1-2H3,(H,23,25). The van der Waals surface area contributed by atoms with Crippen LogP contribution in [0.3, 0.4) is 0 Å². The average Bonchev–Trinajstić information content (AvgIpc) is 3.06. The Hall–Kier alpha value is -2.86. The molecule has 0 radical (unpaired) electrons. The van der Waals surface area contributed by atoms with Crippen molar-refractivity contribution in [2.75, 3.05) is 23.4 Å². The molecule has 0 aromatic heterocycles. The number of rotatable bonds is 5. The van der Waals surface area contributed by atoms with E-state index in [-0.39, 0.29) is 18.9 Å². The number of carbonyl (C=O) groups excluding carboxylic acids is 3. The zero-order chi connectivity index (χ0) is 20.3. The number of hydrogen-bond donors (Lipinski definition) is 1. The normalized spacial score (nSPS) is 16.2. The molecule has 2 aromatic carbocycles. The minimum absolute atomic E-state index is 0.0740. The summed E-state index contributed by atoms with van der Waals surface area (Å²) in [6, 6.07) is 12.3. The third-order valence-corrected chi connectivity index (χ3v) is 4.99. The highest BCUT2D eigenvalue weighted by atomic mass is 35.5. The van der Waals surface area contributed by atoms with Gasteiger partial charge in [-0.05, 0) is 61.4 Å². The molecule has 1 atom stereocenters. The molecule has 1 unspecified atom stereocenters. The van der Waals surface area contributed by atoms with Gasteiger partial charge in [0.1, 0.15) is 0 Å². The van der Waals surface area contributed by atoms with E-state index in [2.05, 4.69) is 5.32 Å². The van der Waals surface area contributed by atoms with E-state index in [4.69, 9.17) is 16.3 Å². The van der Waals surface area contributed by atoms with Gasteiger partial charge in [0.2, 0.25) is 5.91 Å². The van der Waals surface area contributed by atoms with Gasteiger partial charge in [0.05, 0.1) is 5.92 Å². The first-order valence-corrected chi connectivity index (χ1v) is 9.31. The van der Waals surface area contributed by atoms with Gasteiger partial charge in [0, 0.05) is 29.4 Å². The molecule has 1 saturated heterocycles. The Morgan fingerprint density at radius 1 is 1.14 bits per heavy atom. The molecule has 1 fully saturated rings. The van der Waals surface area contributed by atoms with Crippen LogP contribution in [-0.2, 0) is 19.1 Å². The molecule has 1 aliphatic heterocycles. The number of halogens is 1. The van der Waals surface area contributed by atoms with Crippen molar-refractivity contribution in [3.05, 3.63) is 58.6 Å². The predicted molar refractivity (Wildman–Crippen MR) is 107 cm³/mol. The summed E-state index contributed by atoms with van der Waals surface area (Å²) in [7, 11) is 0. The lowest BCUT2D eigenvalue weighted by molar-refractivity contribution is -0.151. The van der Waals surface area contributed by atoms with Crippen molar-refractivity contribution in [1.29, 1.82) is 0 Å². The second-order valence-electron chi connectivity index (χ2n) is 6.84. The minimum atomic E-state index is -0.586. The van der Waals surface area contributed by atoms with Crippen molar-refractivity contribution in [3.8, 4) is 0 Å². The van der Waals surface area contributed by atoms with Crippen molar-refractivity contribution in [3.63, 3.8) is 0 Å². The van der Waals surface area contributed by atoms with Crippen LogP contribution in [-0.4, -0.2) is 30.9 Å². The molecule has 0 aliphatic carbocycles. The highest BCUT2D eigenvalue weighted by Gasteiger charge is 2.36. The quantitative estimate of drug-likeness (QED) is 0.779. The van der Waals surface area contributed by atoms with E-state index >= 15 is 0 Å². The summed E-state index contributed by atoms with van der Waals surface area (Å²) >= 11 is 5.79. The number of hydrogen-bond acceptors (Lipinski definition) is 4. The van der Waals surface area contributed by atoms with Gasteiger partial charge in [0.25, 0.3) is 5.91 Å². The average molecular weight is 401 g/mol. The van der Waals surface area contributed by atoms with Gasteiger partial charge in [0.15, 0.2) is 6.61 Å². The largest absolute Gasteiger partial charge is 0.455 e. The van der Waals surface area contributed by atoms with Gasteiger partial charge in [-0.15, -0.1) is 0 Å². The Kier molecular flexibility index (Phi) is 5.99. The van der Waals surface area contributed by atoms with Crippen LogP contribution in [0.2, 0.25) is 5.02 Å². The number of esters is 1.